The van der Waals surface area contributed by atoms with Gasteiger partial charge in [0.05, 0.1) is 5.92 Å². The molecule has 1 atom stereocenters. The van der Waals surface area contributed by atoms with E-state index in [1.165, 1.54) is 0 Å². The molecule has 0 aliphatic carbocycles. The van der Waals surface area contributed by atoms with Crippen LogP contribution in [0.25, 0.3) is 0 Å². The molecule has 0 saturated carbocycles. The zero-order valence-electron chi connectivity index (χ0n) is 6.96. The standard InChI is InChI=1S/C8H14O3/c1-3-4-7(9)5-6(2)8(10)11/h6H,3-5H2,1-2H3,(H,10,11)/t6-/m1/s1. The quantitative estimate of drug-likeness (QED) is 0.659. The van der Waals surface area contributed by atoms with Crippen molar-refractivity contribution in [1.29, 1.82) is 0 Å². The SMILES string of the molecule is CCCC(=O)C[C@@H](C)C(=O)O. The van der Waals surface area contributed by atoms with Crippen molar-refractivity contribution in [2.24, 2.45) is 5.92 Å². The van der Waals surface area contributed by atoms with Gasteiger partial charge in [0, 0.05) is 12.8 Å². The molecule has 0 aromatic rings. The van der Waals surface area contributed by atoms with Crippen LogP contribution >= 0.6 is 0 Å². The lowest BCUT2D eigenvalue weighted by atomic mass is 10.0. The van der Waals surface area contributed by atoms with Crippen molar-refractivity contribution in [2.75, 3.05) is 0 Å². The van der Waals surface area contributed by atoms with Crippen molar-refractivity contribution in [3.8, 4) is 0 Å². The van der Waals surface area contributed by atoms with E-state index in [1.54, 1.807) is 6.92 Å². The van der Waals surface area contributed by atoms with E-state index in [4.69, 9.17) is 5.11 Å². The van der Waals surface area contributed by atoms with Crippen molar-refractivity contribution in [3.05, 3.63) is 0 Å². The van der Waals surface area contributed by atoms with Crippen LogP contribution in [0.15, 0.2) is 0 Å². The number of ketones is 1. The van der Waals surface area contributed by atoms with Crippen LogP contribution in [0.3, 0.4) is 0 Å². The highest BCUT2D eigenvalue weighted by molar-refractivity contribution is 5.83. The van der Waals surface area contributed by atoms with Crippen molar-refractivity contribution in [1.82, 2.24) is 0 Å². The Balaban J connectivity index is 3.66. The van der Waals surface area contributed by atoms with Crippen LogP contribution < -0.4 is 0 Å². The molecule has 1 N–H and O–H groups in total. The van der Waals surface area contributed by atoms with Crippen LogP contribution in [0.2, 0.25) is 0 Å². The molecule has 3 nitrogen and oxygen atoms in total. The predicted octanol–water partition coefficient (Wildman–Crippen LogP) is 1.47. The lowest BCUT2D eigenvalue weighted by Crippen LogP contribution is -2.14. The molecule has 0 aliphatic rings. The minimum atomic E-state index is -0.894. The maximum atomic E-state index is 10.9. The van der Waals surface area contributed by atoms with Crippen molar-refractivity contribution < 1.29 is 14.7 Å². The Morgan fingerprint density at radius 1 is 1.45 bits per heavy atom. The lowest BCUT2D eigenvalue weighted by molar-refractivity contribution is -0.143. The van der Waals surface area contributed by atoms with Gasteiger partial charge in [0.25, 0.3) is 0 Å². The maximum absolute atomic E-state index is 10.9. The van der Waals surface area contributed by atoms with Gasteiger partial charge in [0.1, 0.15) is 5.78 Å². The first-order chi connectivity index (χ1) is 5.07. The fourth-order valence-corrected chi connectivity index (χ4v) is 0.810. The summed E-state index contributed by atoms with van der Waals surface area (Å²) in [6.07, 6.45) is 1.46. The van der Waals surface area contributed by atoms with Crippen LogP contribution in [0, 0.1) is 5.92 Å². The Kier molecular flexibility index (Phi) is 4.50. The first-order valence-corrected chi connectivity index (χ1v) is 3.82. The van der Waals surface area contributed by atoms with Gasteiger partial charge in [-0.1, -0.05) is 13.8 Å². The molecular weight excluding hydrogens is 144 g/mol. The molecule has 0 bridgehead atoms. The van der Waals surface area contributed by atoms with Crippen LogP contribution in [0.4, 0.5) is 0 Å². The smallest absolute Gasteiger partial charge is 0.306 e. The maximum Gasteiger partial charge on any atom is 0.306 e. The number of rotatable bonds is 5. The highest BCUT2D eigenvalue weighted by Crippen LogP contribution is 2.05. The summed E-state index contributed by atoms with van der Waals surface area (Å²) >= 11 is 0. The first-order valence-electron chi connectivity index (χ1n) is 3.82. The van der Waals surface area contributed by atoms with Crippen molar-refractivity contribution in [2.45, 2.75) is 33.1 Å². The van der Waals surface area contributed by atoms with E-state index in [9.17, 15) is 9.59 Å². The molecule has 64 valence electrons. The fourth-order valence-electron chi connectivity index (χ4n) is 0.810. The highest BCUT2D eigenvalue weighted by Gasteiger charge is 2.14. The minimum absolute atomic E-state index is 0.0439. The van der Waals surface area contributed by atoms with E-state index >= 15 is 0 Å². The Bertz CT molecular complexity index is 151. The van der Waals surface area contributed by atoms with Gasteiger partial charge in [-0.15, -0.1) is 0 Å². The van der Waals surface area contributed by atoms with Gasteiger partial charge in [-0.2, -0.15) is 0 Å². The number of hydrogen-bond acceptors (Lipinski definition) is 2. The van der Waals surface area contributed by atoms with E-state index < -0.39 is 11.9 Å². The predicted molar refractivity (Wildman–Crippen MR) is 41.3 cm³/mol. The largest absolute Gasteiger partial charge is 0.481 e. The molecule has 11 heavy (non-hydrogen) atoms. The second-order valence-corrected chi connectivity index (χ2v) is 2.73. The number of aliphatic carboxylic acids is 1. The molecule has 3 heteroatoms. The van der Waals surface area contributed by atoms with E-state index in [0.717, 1.165) is 6.42 Å². The number of carbonyl (C=O) groups excluding carboxylic acids is 1. The zero-order valence-corrected chi connectivity index (χ0v) is 6.96. The summed E-state index contributed by atoms with van der Waals surface area (Å²) in [5.74, 6) is -1.38. The summed E-state index contributed by atoms with van der Waals surface area (Å²) in [6.45, 7) is 3.46. The van der Waals surface area contributed by atoms with E-state index in [0.29, 0.717) is 6.42 Å². The Labute approximate surface area is 66.4 Å². The van der Waals surface area contributed by atoms with Gasteiger partial charge in [-0.3, -0.25) is 9.59 Å². The summed E-state index contributed by atoms with van der Waals surface area (Å²) in [6, 6.07) is 0. The third kappa shape index (κ3) is 4.53. The molecule has 0 unspecified atom stereocenters. The van der Waals surface area contributed by atoms with E-state index in [2.05, 4.69) is 0 Å². The summed E-state index contributed by atoms with van der Waals surface area (Å²) in [7, 11) is 0. The average molecular weight is 158 g/mol. The topological polar surface area (TPSA) is 54.4 Å². The molecule has 0 radical (unpaired) electrons. The fraction of sp³-hybridized carbons (Fsp3) is 0.750. The zero-order chi connectivity index (χ0) is 8.85. The molecule has 0 heterocycles. The summed E-state index contributed by atoms with van der Waals surface area (Å²) in [4.78, 5) is 21.2. The van der Waals surface area contributed by atoms with Crippen molar-refractivity contribution in [3.63, 3.8) is 0 Å². The Hall–Kier alpha value is -0.860. The molecule has 0 rings (SSSR count). The van der Waals surface area contributed by atoms with Crippen molar-refractivity contribution >= 4 is 11.8 Å². The molecule has 0 saturated heterocycles. The van der Waals surface area contributed by atoms with E-state index in [-0.39, 0.29) is 12.2 Å². The second kappa shape index (κ2) is 4.88. The van der Waals surface area contributed by atoms with Gasteiger partial charge in [-0.05, 0) is 6.42 Å². The third-order valence-corrected chi connectivity index (χ3v) is 1.48. The van der Waals surface area contributed by atoms with Crippen LogP contribution in [0.1, 0.15) is 33.1 Å². The highest BCUT2D eigenvalue weighted by atomic mass is 16.4. The monoisotopic (exact) mass is 158 g/mol. The van der Waals surface area contributed by atoms with Gasteiger partial charge in [0.2, 0.25) is 0 Å². The number of Topliss-reactive ketones (excluding diaryl/α,β-unsaturated/α-hetero) is 1. The molecule has 0 aliphatic heterocycles. The summed E-state index contributed by atoms with van der Waals surface area (Å²) in [5, 5.41) is 8.45. The molecule has 0 aromatic carbocycles. The summed E-state index contributed by atoms with van der Waals surface area (Å²) < 4.78 is 0. The third-order valence-electron chi connectivity index (χ3n) is 1.48. The van der Waals surface area contributed by atoms with Gasteiger partial charge in [0.15, 0.2) is 0 Å². The molecular formula is C8H14O3. The molecule has 0 aromatic heterocycles. The number of hydrogen-bond donors (Lipinski definition) is 1. The van der Waals surface area contributed by atoms with Gasteiger partial charge < -0.3 is 5.11 Å². The normalized spacial score (nSPS) is 12.5. The molecule has 0 spiro atoms. The first kappa shape index (κ1) is 10.1. The second-order valence-electron chi connectivity index (χ2n) is 2.73. The Morgan fingerprint density at radius 3 is 2.36 bits per heavy atom. The van der Waals surface area contributed by atoms with Crippen LogP contribution in [0.5, 0.6) is 0 Å². The van der Waals surface area contributed by atoms with E-state index in [1.807, 2.05) is 6.92 Å². The summed E-state index contributed by atoms with van der Waals surface area (Å²) in [5.41, 5.74) is 0. The van der Waals surface area contributed by atoms with Gasteiger partial charge >= 0.3 is 5.97 Å². The van der Waals surface area contributed by atoms with Gasteiger partial charge in [-0.25, -0.2) is 0 Å². The lowest BCUT2D eigenvalue weighted by Gasteiger charge is -2.02. The van der Waals surface area contributed by atoms with Crippen LogP contribution in [-0.4, -0.2) is 16.9 Å². The van der Waals surface area contributed by atoms with Crippen LogP contribution in [-0.2, 0) is 9.59 Å². The number of carbonyl (C=O) groups is 2. The average Bonchev–Trinajstić information content (AvgIpc) is 1.87. The number of carboxylic acids is 1. The molecule has 0 amide bonds. The Morgan fingerprint density at radius 2 is 2.00 bits per heavy atom. The molecule has 0 fully saturated rings. The number of carboxylic acid groups (broad SMARTS) is 1. The minimum Gasteiger partial charge on any atom is -0.481 e.